The Morgan fingerprint density at radius 2 is 2.10 bits per heavy atom. The number of hydrogen-bond acceptors (Lipinski definition) is 3. The lowest BCUT2D eigenvalue weighted by molar-refractivity contribution is -0.134. The van der Waals surface area contributed by atoms with Crippen molar-refractivity contribution in [2.24, 2.45) is 0 Å². The molecule has 1 aromatic carbocycles. The van der Waals surface area contributed by atoms with Crippen molar-refractivity contribution in [2.45, 2.75) is 12.5 Å². The molecule has 1 atom stereocenters. The molecule has 1 aliphatic heterocycles. The van der Waals surface area contributed by atoms with E-state index in [1.54, 1.807) is 0 Å². The Labute approximate surface area is 122 Å². The van der Waals surface area contributed by atoms with Gasteiger partial charge in [0, 0.05) is 25.2 Å². The van der Waals surface area contributed by atoms with Crippen molar-refractivity contribution in [3.63, 3.8) is 0 Å². The molecular weight excluding hydrogens is 290 g/mol. The van der Waals surface area contributed by atoms with Crippen molar-refractivity contribution in [3.05, 3.63) is 35.4 Å². The smallest absolute Gasteiger partial charge is 0.250 e. The van der Waals surface area contributed by atoms with Crippen LogP contribution < -0.4 is 10.6 Å². The normalized spacial score (nSPS) is 18.2. The molecule has 2 rings (SSSR count). The van der Waals surface area contributed by atoms with Gasteiger partial charge in [0.1, 0.15) is 17.7 Å². The second-order valence-corrected chi connectivity index (χ2v) is 4.30. The van der Waals surface area contributed by atoms with Crippen LogP contribution in [0.25, 0.3) is 0 Å². The maximum atomic E-state index is 13.3. The lowest BCUT2D eigenvalue weighted by Crippen LogP contribution is -2.48. The lowest BCUT2D eigenvalue weighted by atomic mass is 10.1. The molecule has 0 aliphatic carbocycles. The molecule has 1 unspecified atom stereocenters. The average molecular weight is 307 g/mol. The zero-order valence-electron chi connectivity index (χ0n) is 10.8. The second kappa shape index (κ2) is 8.14. The van der Waals surface area contributed by atoms with E-state index in [2.05, 4.69) is 10.6 Å². The third kappa shape index (κ3) is 4.40. The highest BCUT2D eigenvalue weighted by Gasteiger charge is 2.21. The summed E-state index contributed by atoms with van der Waals surface area (Å²) in [5.74, 6) is -1.45. The molecule has 0 aromatic heterocycles. The van der Waals surface area contributed by atoms with Gasteiger partial charge in [0.25, 0.3) is 0 Å². The fraction of sp³-hybridized carbons (Fsp3) is 0.462. The maximum absolute atomic E-state index is 13.3. The monoisotopic (exact) mass is 306 g/mol. The number of rotatable bonds is 4. The summed E-state index contributed by atoms with van der Waals surface area (Å²) in [4.78, 5) is 11.7. The summed E-state index contributed by atoms with van der Waals surface area (Å²) in [7, 11) is 0. The van der Waals surface area contributed by atoms with Gasteiger partial charge in [-0.3, -0.25) is 4.79 Å². The molecule has 2 N–H and O–H groups in total. The largest absolute Gasteiger partial charge is 0.366 e. The van der Waals surface area contributed by atoms with Crippen molar-refractivity contribution in [1.29, 1.82) is 0 Å². The third-order valence-corrected chi connectivity index (χ3v) is 2.96. The van der Waals surface area contributed by atoms with E-state index in [0.717, 1.165) is 6.54 Å². The summed E-state index contributed by atoms with van der Waals surface area (Å²) in [5.41, 5.74) is -0.00881. The Hall–Kier alpha value is -1.24. The van der Waals surface area contributed by atoms with Gasteiger partial charge in [-0.15, -0.1) is 12.4 Å². The number of benzene rings is 1. The Morgan fingerprint density at radius 1 is 1.40 bits per heavy atom. The van der Waals surface area contributed by atoms with Crippen molar-refractivity contribution in [2.75, 3.05) is 26.2 Å². The first-order valence-corrected chi connectivity index (χ1v) is 6.21. The van der Waals surface area contributed by atoms with Crippen molar-refractivity contribution in [1.82, 2.24) is 10.6 Å². The van der Waals surface area contributed by atoms with E-state index in [4.69, 9.17) is 4.74 Å². The van der Waals surface area contributed by atoms with Crippen LogP contribution in [0.5, 0.6) is 0 Å². The number of hydrogen-bond donors (Lipinski definition) is 2. The fourth-order valence-corrected chi connectivity index (χ4v) is 1.93. The van der Waals surface area contributed by atoms with E-state index < -0.39 is 17.7 Å². The van der Waals surface area contributed by atoms with Crippen molar-refractivity contribution < 1.29 is 18.3 Å². The minimum absolute atomic E-state index is 0. The quantitative estimate of drug-likeness (QED) is 0.874. The molecule has 1 fully saturated rings. The molecule has 0 bridgehead atoms. The molecule has 1 aliphatic rings. The molecule has 0 radical (unpaired) electrons. The van der Waals surface area contributed by atoms with Crippen LogP contribution >= 0.6 is 12.4 Å². The molecule has 112 valence electrons. The SMILES string of the molecule is Cl.O=C(NCCc1c(F)cccc1F)C1CNCCO1. The fourth-order valence-electron chi connectivity index (χ4n) is 1.93. The second-order valence-electron chi connectivity index (χ2n) is 4.30. The van der Waals surface area contributed by atoms with Gasteiger partial charge in [-0.25, -0.2) is 8.78 Å². The summed E-state index contributed by atoms with van der Waals surface area (Å²) in [5, 5.41) is 5.65. The molecule has 20 heavy (non-hydrogen) atoms. The van der Waals surface area contributed by atoms with Crippen LogP contribution in [0.4, 0.5) is 8.78 Å². The van der Waals surface area contributed by atoms with Crippen LogP contribution in [0.1, 0.15) is 5.56 Å². The van der Waals surface area contributed by atoms with Gasteiger partial charge < -0.3 is 15.4 Å². The Balaban J connectivity index is 0.00000200. The summed E-state index contributed by atoms with van der Waals surface area (Å²) < 4.78 is 32.0. The Kier molecular flexibility index (Phi) is 6.84. The summed E-state index contributed by atoms with van der Waals surface area (Å²) >= 11 is 0. The number of morpholine rings is 1. The number of carbonyl (C=O) groups is 1. The molecule has 1 amide bonds. The zero-order valence-corrected chi connectivity index (χ0v) is 11.6. The highest BCUT2D eigenvalue weighted by molar-refractivity contribution is 5.85. The van der Waals surface area contributed by atoms with E-state index >= 15 is 0 Å². The van der Waals surface area contributed by atoms with Crippen molar-refractivity contribution in [3.8, 4) is 0 Å². The number of carbonyl (C=O) groups excluding carboxylic acids is 1. The molecule has 1 aromatic rings. The first-order valence-electron chi connectivity index (χ1n) is 6.21. The average Bonchev–Trinajstić information content (AvgIpc) is 2.43. The van der Waals surface area contributed by atoms with Gasteiger partial charge in [0.05, 0.1) is 6.61 Å². The predicted octanol–water partition coefficient (Wildman–Crippen LogP) is 1.03. The first kappa shape index (κ1) is 16.8. The maximum Gasteiger partial charge on any atom is 0.250 e. The topological polar surface area (TPSA) is 50.4 Å². The van der Waals surface area contributed by atoms with Gasteiger partial charge >= 0.3 is 0 Å². The van der Waals surface area contributed by atoms with Crippen LogP contribution in [-0.2, 0) is 16.0 Å². The standard InChI is InChI=1S/C13H16F2N2O2.ClH/c14-10-2-1-3-11(15)9(10)4-5-17-13(18)12-8-16-6-7-19-12;/h1-3,12,16H,4-8H2,(H,17,18);1H. The Morgan fingerprint density at radius 3 is 2.70 bits per heavy atom. The first-order chi connectivity index (χ1) is 9.18. The highest BCUT2D eigenvalue weighted by atomic mass is 35.5. The molecule has 0 saturated carbocycles. The van der Waals surface area contributed by atoms with Crippen LogP contribution in [0, 0.1) is 11.6 Å². The summed E-state index contributed by atoms with van der Waals surface area (Å²) in [6, 6.07) is 3.72. The summed E-state index contributed by atoms with van der Waals surface area (Å²) in [6.07, 6.45) is -0.413. The molecular formula is C13H17ClF2N2O2. The summed E-state index contributed by atoms with van der Waals surface area (Å²) in [6.45, 7) is 1.85. The minimum atomic E-state index is -0.593. The van der Waals surface area contributed by atoms with Gasteiger partial charge in [0.15, 0.2) is 0 Å². The van der Waals surface area contributed by atoms with E-state index in [1.807, 2.05) is 0 Å². The Bertz CT molecular complexity index is 434. The van der Waals surface area contributed by atoms with Gasteiger partial charge in [0.2, 0.25) is 5.91 Å². The predicted molar refractivity (Wildman–Crippen MR) is 72.9 cm³/mol. The molecule has 1 saturated heterocycles. The van der Waals surface area contributed by atoms with E-state index in [-0.39, 0.29) is 36.8 Å². The van der Waals surface area contributed by atoms with Gasteiger partial charge in [-0.05, 0) is 18.6 Å². The van der Waals surface area contributed by atoms with Crippen molar-refractivity contribution >= 4 is 18.3 Å². The molecule has 0 spiro atoms. The number of nitrogens with one attached hydrogen (secondary N) is 2. The minimum Gasteiger partial charge on any atom is -0.366 e. The number of halogens is 3. The molecule has 7 heteroatoms. The van der Waals surface area contributed by atoms with Crippen LogP contribution in [0.2, 0.25) is 0 Å². The number of ether oxygens (including phenoxy) is 1. The van der Waals surface area contributed by atoms with Crippen LogP contribution in [0.3, 0.4) is 0 Å². The highest BCUT2D eigenvalue weighted by Crippen LogP contribution is 2.12. The van der Waals surface area contributed by atoms with E-state index in [0.29, 0.717) is 13.2 Å². The third-order valence-electron chi connectivity index (χ3n) is 2.96. The van der Waals surface area contributed by atoms with Gasteiger partial charge in [-0.1, -0.05) is 6.07 Å². The lowest BCUT2D eigenvalue weighted by Gasteiger charge is -2.22. The van der Waals surface area contributed by atoms with Crippen LogP contribution in [0.15, 0.2) is 18.2 Å². The molecule has 4 nitrogen and oxygen atoms in total. The molecule has 1 heterocycles. The number of amides is 1. The van der Waals surface area contributed by atoms with Crippen LogP contribution in [-0.4, -0.2) is 38.3 Å². The zero-order chi connectivity index (χ0) is 13.7. The van der Waals surface area contributed by atoms with Gasteiger partial charge in [-0.2, -0.15) is 0 Å². The van der Waals surface area contributed by atoms with E-state index in [9.17, 15) is 13.6 Å². The van der Waals surface area contributed by atoms with E-state index in [1.165, 1.54) is 18.2 Å².